The molecule has 1 N–H and O–H groups in total. The molecule has 1 unspecified atom stereocenters. The van der Waals surface area contributed by atoms with Crippen LogP contribution in [0.4, 0.5) is 0 Å². The van der Waals surface area contributed by atoms with E-state index in [9.17, 15) is 4.79 Å². The van der Waals surface area contributed by atoms with Crippen molar-refractivity contribution in [1.29, 1.82) is 0 Å². The minimum Gasteiger partial charge on any atom is -0.356 e. The molecule has 0 spiro atoms. The van der Waals surface area contributed by atoms with E-state index in [2.05, 4.69) is 47.2 Å². The standard InChI is InChI=1S/C23H23N5O/c1-15(2)22-21-19(18-8-3-4-9-20(18)26-21)10-11-28(22)23(29)16-6-5-7-17(12-16)27-13-24-25-14-27/h3-9,12-15,22,26H,10-11H2,1-2H3. The lowest BCUT2D eigenvalue weighted by molar-refractivity contribution is 0.0598. The second-order valence-electron chi connectivity index (χ2n) is 7.92. The Morgan fingerprint density at radius 3 is 2.69 bits per heavy atom. The van der Waals surface area contributed by atoms with Crippen LogP contribution in [0.15, 0.2) is 61.2 Å². The van der Waals surface area contributed by atoms with Crippen molar-refractivity contribution >= 4 is 16.8 Å². The highest BCUT2D eigenvalue weighted by molar-refractivity contribution is 5.96. The summed E-state index contributed by atoms with van der Waals surface area (Å²) in [6.07, 6.45) is 4.13. The highest BCUT2D eigenvalue weighted by Gasteiger charge is 2.35. The van der Waals surface area contributed by atoms with E-state index in [0.29, 0.717) is 18.0 Å². The van der Waals surface area contributed by atoms with Crippen LogP contribution in [0.2, 0.25) is 0 Å². The number of rotatable bonds is 3. The number of aromatic nitrogens is 4. The maximum atomic E-state index is 13.5. The van der Waals surface area contributed by atoms with Gasteiger partial charge in [-0.15, -0.1) is 10.2 Å². The predicted molar refractivity (Wildman–Crippen MR) is 112 cm³/mol. The van der Waals surface area contributed by atoms with Gasteiger partial charge in [0.1, 0.15) is 12.7 Å². The molecule has 2 aromatic carbocycles. The third-order valence-corrected chi connectivity index (χ3v) is 5.78. The number of para-hydroxylation sites is 1. The molecule has 0 fully saturated rings. The lowest BCUT2D eigenvalue weighted by Gasteiger charge is -2.38. The first-order valence-electron chi connectivity index (χ1n) is 9.99. The summed E-state index contributed by atoms with van der Waals surface area (Å²) >= 11 is 0. The quantitative estimate of drug-likeness (QED) is 0.576. The zero-order valence-corrected chi connectivity index (χ0v) is 16.5. The third kappa shape index (κ3) is 2.92. The summed E-state index contributed by atoms with van der Waals surface area (Å²) in [4.78, 5) is 19.2. The van der Waals surface area contributed by atoms with Crippen molar-refractivity contribution in [3.05, 3.63) is 78.0 Å². The summed E-state index contributed by atoms with van der Waals surface area (Å²) in [5.74, 6) is 0.357. The van der Waals surface area contributed by atoms with E-state index in [1.54, 1.807) is 12.7 Å². The highest BCUT2D eigenvalue weighted by atomic mass is 16.2. The first kappa shape index (κ1) is 17.7. The van der Waals surface area contributed by atoms with Gasteiger partial charge < -0.3 is 9.88 Å². The van der Waals surface area contributed by atoms with E-state index in [-0.39, 0.29) is 11.9 Å². The maximum absolute atomic E-state index is 13.5. The van der Waals surface area contributed by atoms with Crippen molar-refractivity contribution in [2.24, 2.45) is 5.92 Å². The molecule has 0 aliphatic carbocycles. The molecule has 2 aromatic heterocycles. The van der Waals surface area contributed by atoms with Crippen molar-refractivity contribution in [2.45, 2.75) is 26.3 Å². The minimum absolute atomic E-state index is 0.0252. The summed E-state index contributed by atoms with van der Waals surface area (Å²) in [5, 5.41) is 8.99. The van der Waals surface area contributed by atoms with E-state index in [1.165, 1.54) is 16.6 Å². The lowest BCUT2D eigenvalue weighted by Crippen LogP contribution is -2.42. The van der Waals surface area contributed by atoms with Gasteiger partial charge in [-0.3, -0.25) is 9.36 Å². The van der Waals surface area contributed by atoms with E-state index >= 15 is 0 Å². The fraction of sp³-hybridized carbons (Fsp3) is 0.261. The molecule has 1 atom stereocenters. The normalized spacial score (nSPS) is 16.4. The molecule has 4 aromatic rings. The molecule has 6 nitrogen and oxygen atoms in total. The number of H-pyrrole nitrogens is 1. The number of aromatic amines is 1. The monoisotopic (exact) mass is 385 g/mol. The second-order valence-corrected chi connectivity index (χ2v) is 7.92. The highest BCUT2D eigenvalue weighted by Crippen LogP contribution is 2.39. The van der Waals surface area contributed by atoms with Crippen molar-refractivity contribution in [1.82, 2.24) is 24.6 Å². The van der Waals surface area contributed by atoms with Crippen LogP contribution in [0.25, 0.3) is 16.6 Å². The van der Waals surface area contributed by atoms with Gasteiger partial charge in [-0.05, 0) is 42.2 Å². The largest absolute Gasteiger partial charge is 0.356 e. The molecule has 1 aliphatic heterocycles. The van der Waals surface area contributed by atoms with Crippen LogP contribution in [0, 0.1) is 5.92 Å². The van der Waals surface area contributed by atoms with Gasteiger partial charge in [0.25, 0.3) is 5.91 Å². The molecule has 29 heavy (non-hydrogen) atoms. The Bertz CT molecular complexity index is 1180. The summed E-state index contributed by atoms with van der Waals surface area (Å²) < 4.78 is 1.81. The number of fused-ring (bicyclic) bond motifs is 3. The Morgan fingerprint density at radius 2 is 1.90 bits per heavy atom. The molecule has 3 heterocycles. The summed E-state index contributed by atoms with van der Waals surface area (Å²) in [5.41, 5.74) is 5.23. The number of benzene rings is 2. The summed E-state index contributed by atoms with van der Waals surface area (Å²) in [7, 11) is 0. The van der Waals surface area contributed by atoms with E-state index in [0.717, 1.165) is 17.6 Å². The molecule has 0 bridgehead atoms. The van der Waals surface area contributed by atoms with Gasteiger partial charge in [-0.2, -0.15) is 0 Å². The van der Waals surface area contributed by atoms with Crippen molar-refractivity contribution in [3.8, 4) is 5.69 Å². The summed E-state index contributed by atoms with van der Waals surface area (Å²) in [6, 6.07) is 16.1. The van der Waals surface area contributed by atoms with Crippen molar-refractivity contribution < 1.29 is 4.79 Å². The number of nitrogens with one attached hydrogen (secondary N) is 1. The Kier molecular flexibility index (Phi) is 4.19. The smallest absolute Gasteiger partial charge is 0.254 e. The number of hydrogen-bond acceptors (Lipinski definition) is 3. The van der Waals surface area contributed by atoms with Gasteiger partial charge in [0, 0.05) is 34.4 Å². The average Bonchev–Trinajstić information content (AvgIpc) is 3.40. The zero-order valence-electron chi connectivity index (χ0n) is 16.5. The van der Waals surface area contributed by atoms with Gasteiger partial charge in [0.15, 0.2) is 0 Å². The topological polar surface area (TPSA) is 66.8 Å². The average molecular weight is 385 g/mol. The predicted octanol–water partition coefficient (Wildman–Crippen LogP) is 4.14. The van der Waals surface area contributed by atoms with E-state index in [4.69, 9.17) is 0 Å². The van der Waals surface area contributed by atoms with Crippen molar-refractivity contribution in [3.63, 3.8) is 0 Å². The van der Waals surface area contributed by atoms with Crippen molar-refractivity contribution in [2.75, 3.05) is 6.54 Å². The van der Waals surface area contributed by atoms with Crippen LogP contribution in [0.3, 0.4) is 0 Å². The second kappa shape index (κ2) is 6.88. The van der Waals surface area contributed by atoms with Crippen LogP contribution in [0.1, 0.15) is 41.5 Å². The lowest BCUT2D eigenvalue weighted by atomic mass is 9.89. The Hall–Kier alpha value is -3.41. The number of nitrogens with zero attached hydrogens (tertiary/aromatic N) is 4. The number of hydrogen-bond donors (Lipinski definition) is 1. The van der Waals surface area contributed by atoms with Crippen LogP contribution >= 0.6 is 0 Å². The first-order valence-corrected chi connectivity index (χ1v) is 9.99. The van der Waals surface area contributed by atoms with Gasteiger partial charge in [-0.25, -0.2) is 0 Å². The minimum atomic E-state index is 0.0252. The van der Waals surface area contributed by atoms with Gasteiger partial charge in [0.2, 0.25) is 0 Å². The SMILES string of the molecule is CC(C)C1c2[nH]c3ccccc3c2CCN1C(=O)c1cccc(-n2cnnc2)c1. The molecule has 0 saturated carbocycles. The van der Waals surface area contributed by atoms with E-state index in [1.807, 2.05) is 39.8 Å². The fourth-order valence-electron chi connectivity index (χ4n) is 4.49. The zero-order chi connectivity index (χ0) is 20.0. The van der Waals surface area contributed by atoms with E-state index < -0.39 is 0 Å². The van der Waals surface area contributed by atoms with Crippen LogP contribution < -0.4 is 0 Å². The Labute approximate surface area is 169 Å². The molecular weight excluding hydrogens is 362 g/mol. The van der Waals surface area contributed by atoms with Gasteiger partial charge in [0.05, 0.1) is 6.04 Å². The van der Waals surface area contributed by atoms with Crippen LogP contribution in [-0.4, -0.2) is 37.1 Å². The third-order valence-electron chi connectivity index (χ3n) is 5.78. The maximum Gasteiger partial charge on any atom is 0.254 e. The Morgan fingerprint density at radius 1 is 1.10 bits per heavy atom. The van der Waals surface area contributed by atoms with Crippen LogP contribution in [-0.2, 0) is 6.42 Å². The van der Waals surface area contributed by atoms with Gasteiger partial charge in [-0.1, -0.05) is 38.1 Å². The number of carbonyl (C=O) groups excluding carboxylic acids is 1. The molecule has 5 rings (SSSR count). The molecule has 6 heteroatoms. The molecule has 1 amide bonds. The first-order chi connectivity index (χ1) is 14.1. The molecule has 0 saturated heterocycles. The summed E-state index contributed by atoms with van der Waals surface area (Å²) in [6.45, 7) is 5.08. The number of carbonyl (C=O) groups is 1. The molecule has 0 radical (unpaired) electrons. The van der Waals surface area contributed by atoms with Gasteiger partial charge >= 0.3 is 0 Å². The van der Waals surface area contributed by atoms with Crippen LogP contribution in [0.5, 0.6) is 0 Å². The molecule has 146 valence electrons. The number of amides is 1. The Balaban J connectivity index is 1.54. The molecular formula is C23H23N5O. The molecule has 1 aliphatic rings. The fourth-order valence-corrected chi connectivity index (χ4v) is 4.49.